The molecule has 1 aliphatic rings. The summed E-state index contributed by atoms with van der Waals surface area (Å²) in [6.45, 7) is 0. The topological polar surface area (TPSA) is 46.2 Å². The van der Waals surface area contributed by atoms with Gasteiger partial charge < -0.3 is 5.32 Å². The summed E-state index contributed by atoms with van der Waals surface area (Å²) in [7, 11) is 0. The zero-order valence-electron chi connectivity index (χ0n) is 4.76. The van der Waals surface area contributed by atoms with Gasteiger partial charge in [0.25, 0.3) is 0 Å². The predicted molar refractivity (Wildman–Crippen MR) is 35.2 cm³/mol. The number of rotatable bonds is 1. The van der Waals surface area contributed by atoms with Crippen molar-refractivity contribution in [3.05, 3.63) is 0 Å². The summed E-state index contributed by atoms with van der Waals surface area (Å²) in [6.07, 6.45) is 1.05. The van der Waals surface area contributed by atoms with Gasteiger partial charge in [0.1, 0.15) is 0 Å². The van der Waals surface area contributed by atoms with E-state index in [1.165, 1.54) is 0 Å². The van der Waals surface area contributed by atoms with Crippen LogP contribution in [0.1, 0.15) is 12.8 Å². The summed E-state index contributed by atoms with van der Waals surface area (Å²) >= 11 is 3.58. The van der Waals surface area contributed by atoms with Crippen LogP contribution in [0.5, 0.6) is 0 Å². The summed E-state index contributed by atoms with van der Waals surface area (Å²) in [5.41, 5.74) is 0. The normalized spacial score (nSPS) is 25.9. The second kappa shape index (κ2) is 2.39. The van der Waals surface area contributed by atoms with Crippen LogP contribution in [0.4, 0.5) is 0 Å². The van der Waals surface area contributed by atoms with Crippen LogP contribution in [0.15, 0.2) is 0 Å². The van der Waals surface area contributed by atoms with E-state index in [0.717, 1.165) is 0 Å². The maximum atomic E-state index is 10.5. The number of hydrogen-bond acceptors (Lipinski definition) is 2. The first-order chi connectivity index (χ1) is 4.20. The van der Waals surface area contributed by atoms with Gasteiger partial charge in [-0.25, -0.2) is 0 Å². The molecular formula is C5H7NO2S. The van der Waals surface area contributed by atoms with Gasteiger partial charge in [0.2, 0.25) is 11.0 Å². The summed E-state index contributed by atoms with van der Waals surface area (Å²) in [4.78, 5) is 20.9. The third kappa shape index (κ3) is 1.45. The van der Waals surface area contributed by atoms with E-state index >= 15 is 0 Å². The van der Waals surface area contributed by atoms with Crippen LogP contribution in [0, 0.1) is 0 Å². The lowest BCUT2D eigenvalue weighted by Gasteiger charge is -2.00. The summed E-state index contributed by atoms with van der Waals surface area (Å²) in [5, 5.41) is 2.24. The van der Waals surface area contributed by atoms with Crippen LogP contribution in [0.3, 0.4) is 0 Å². The Morgan fingerprint density at radius 2 is 2.44 bits per heavy atom. The van der Waals surface area contributed by atoms with E-state index in [-0.39, 0.29) is 17.1 Å². The predicted octanol–water partition coefficient (Wildman–Crippen LogP) is -0.279. The van der Waals surface area contributed by atoms with Crippen molar-refractivity contribution in [2.24, 2.45) is 0 Å². The van der Waals surface area contributed by atoms with E-state index < -0.39 is 0 Å². The molecule has 1 fully saturated rings. The van der Waals surface area contributed by atoms with E-state index in [2.05, 4.69) is 17.9 Å². The van der Waals surface area contributed by atoms with Crippen molar-refractivity contribution >= 4 is 23.7 Å². The van der Waals surface area contributed by atoms with Crippen LogP contribution < -0.4 is 5.32 Å². The standard InChI is InChI=1S/C5H7NO2S/c7-4-2-1-3(6-4)5(8)9/h3H,1-2H2,(H,6,7)(H,8,9)/t3-/m0/s1. The molecule has 0 bridgehead atoms. The molecule has 0 aromatic rings. The Bertz CT molecular complexity index is 157. The van der Waals surface area contributed by atoms with E-state index in [1.807, 2.05) is 0 Å². The average Bonchev–Trinajstić information content (AvgIpc) is 2.14. The highest BCUT2D eigenvalue weighted by Crippen LogP contribution is 2.08. The molecule has 1 rings (SSSR count). The van der Waals surface area contributed by atoms with Crippen molar-refractivity contribution in [3.63, 3.8) is 0 Å². The maximum absolute atomic E-state index is 10.5. The SMILES string of the molecule is O=C1CC[C@@H](C(=O)S)N1. The molecule has 1 atom stereocenters. The van der Waals surface area contributed by atoms with Gasteiger partial charge >= 0.3 is 0 Å². The van der Waals surface area contributed by atoms with Gasteiger partial charge in [-0.3, -0.25) is 9.59 Å². The van der Waals surface area contributed by atoms with Crippen molar-refractivity contribution in [2.75, 3.05) is 0 Å². The summed E-state index contributed by atoms with van der Waals surface area (Å²) in [5.74, 6) is -0.0533. The van der Waals surface area contributed by atoms with Gasteiger partial charge in [-0.05, 0) is 6.42 Å². The molecule has 1 aliphatic heterocycles. The highest BCUT2D eigenvalue weighted by atomic mass is 32.1. The summed E-state index contributed by atoms with van der Waals surface area (Å²) < 4.78 is 0. The number of nitrogens with one attached hydrogen (secondary N) is 1. The Kier molecular flexibility index (Phi) is 1.75. The minimum absolute atomic E-state index is 0.0533. The van der Waals surface area contributed by atoms with Crippen LogP contribution in [0.25, 0.3) is 0 Å². The van der Waals surface area contributed by atoms with Gasteiger partial charge in [-0.1, -0.05) is 0 Å². The maximum Gasteiger partial charge on any atom is 0.220 e. The minimum Gasteiger partial charge on any atom is -0.345 e. The van der Waals surface area contributed by atoms with E-state index in [4.69, 9.17) is 0 Å². The molecule has 0 spiro atoms. The second-order valence-corrected chi connectivity index (χ2v) is 2.44. The summed E-state index contributed by atoms with van der Waals surface area (Å²) in [6, 6.07) is -0.333. The number of hydrogen-bond donors (Lipinski definition) is 2. The molecule has 9 heavy (non-hydrogen) atoms. The Labute approximate surface area is 58.2 Å². The van der Waals surface area contributed by atoms with Crippen LogP contribution in [-0.2, 0) is 9.59 Å². The average molecular weight is 145 g/mol. The van der Waals surface area contributed by atoms with Gasteiger partial charge in [-0.15, -0.1) is 12.6 Å². The fourth-order valence-corrected chi connectivity index (χ4v) is 0.993. The number of thiol groups is 1. The molecule has 0 unspecified atom stereocenters. The molecule has 3 nitrogen and oxygen atoms in total. The first-order valence-corrected chi connectivity index (χ1v) is 3.17. The quantitative estimate of drug-likeness (QED) is 0.498. The zero-order valence-corrected chi connectivity index (χ0v) is 5.65. The lowest BCUT2D eigenvalue weighted by atomic mass is 10.2. The highest BCUT2D eigenvalue weighted by molar-refractivity contribution is 7.96. The first kappa shape index (κ1) is 6.61. The Hall–Kier alpha value is -0.510. The lowest BCUT2D eigenvalue weighted by molar-refractivity contribution is -0.121. The molecule has 1 amide bonds. The Morgan fingerprint density at radius 1 is 1.78 bits per heavy atom. The minimum atomic E-state index is -0.333. The van der Waals surface area contributed by atoms with Gasteiger partial charge in [0.15, 0.2) is 0 Å². The van der Waals surface area contributed by atoms with E-state index in [9.17, 15) is 9.59 Å². The monoisotopic (exact) mass is 145 g/mol. The first-order valence-electron chi connectivity index (χ1n) is 2.72. The molecule has 0 aromatic carbocycles. The molecular weight excluding hydrogens is 138 g/mol. The zero-order chi connectivity index (χ0) is 6.85. The molecule has 50 valence electrons. The number of amides is 1. The molecule has 0 aliphatic carbocycles. The fraction of sp³-hybridized carbons (Fsp3) is 0.600. The third-order valence-corrected chi connectivity index (χ3v) is 1.61. The van der Waals surface area contributed by atoms with Gasteiger partial charge in [0.05, 0.1) is 6.04 Å². The van der Waals surface area contributed by atoms with E-state index in [1.54, 1.807) is 0 Å². The largest absolute Gasteiger partial charge is 0.345 e. The highest BCUT2D eigenvalue weighted by Gasteiger charge is 2.24. The third-order valence-electron chi connectivity index (χ3n) is 1.29. The van der Waals surface area contributed by atoms with Crippen molar-refractivity contribution in [1.29, 1.82) is 0 Å². The van der Waals surface area contributed by atoms with Gasteiger partial charge in [0, 0.05) is 6.42 Å². The molecule has 1 heterocycles. The van der Waals surface area contributed by atoms with E-state index in [0.29, 0.717) is 12.8 Å². The molecule has 0 aromatic heterocycles. The van der Waals surface area contributed by atoms with Crippen LogP contribution >= 0.6 is 12.6 Å². The van der Waals surface area contributed by atoms with Crippen molar-refractivity contribution in [1.82, 2.24) is 5.32 Å². The van der Waals surface area contributed by atoms with Crippen molar-refractivity contribution in [3.8, 4) is 0 Å². The molecule has 1 saturated heterocycles. The number of carbonyl (C=O) groups excluding carboxylic acids is 2. The van der Waals surface area contributed by atoms with Crippen LogP contribution in [0.2, 0.25) is 0 Å². The molecule has 0 saturated carbocycles. The lowest BCUT2D eigenvalue weighted by Crippen LogP contribution is -2.30. The van der Waals surface area contributed by atoms with Crippen LogP contribution in [-0.4, -0.2) is 17.1 Å². The second-order valence-electron chi connectivity index (χ2n) is 2.00. The fourth-order valence-electron chi connectivity index (χ4n) is 0.799. The molecule has 4 heteroatoms. The van der Waals surface area contributed by atoms with Crippen molar-refractivity contribution in [2.45, 2.75) is 18.9 Å². The smallest absolute Gasteiger partial charge is 0.220 e. The Morgan fingerprint density at radius 3 is 2.67 bits per heavy atom. The molecule has 0 radical (unpaired) electrons. The van der Waals surface area contributed by atoms with Gasteiger partial charge in [-0.2, -0.15) is 0 Å². The van der Waals surface area contributed by atoms with Crippen molar-refractivity contribution < 1.29 is 9.59 Å². The number of carbonyl (C=O) groups is 2. The molecule has 1 N–H and O–H groups in total. The Balaban J connectivity index is 2.48.